The Labute approximate surface area is 89.3 Å². The molecular weight excluding hydrogens is 198 g/mol. The van der Waals surface area contributed by atoms with Gasteiger partial charge >= 0.3 is 0 Å². The van der Waals surface area contributed by atoms with Crippen LogP contribution in [0.15, 0.2) is 36.4 Å². The summed E-state index contributed by atoms with van der Waals surface area (Å²) in [6.45, 7) is 1.72. The third-order valence-corrected chi connectivity index (χ3v) is 1.91. The zero-order chi connectivity index (χ0) is 10.2. The van der Waals surface area contributed by atoms with Crippen molar-refractivity contribution < 1.29 is 4.74 Å². The van der Waals surface area contributed by atoms with Gasteiger partial charge in [0.25, 0.3) is 0 Å². The largest absolute Gasteiger partial charge is 0.373 e. The highest BCUT2D eigenvalue weighted by Crippen LogP contribution is 2.11. The Morgan fingerprint density at radius 2 is 2.21 bits per heavy atom. The molecule has 0 spiro atoms. The van der Waals surface area contributed by atoms with Crippen molar-refractivity contribution in [3.63, 3.8) is 0 Å². The third kappa shape index (κ3) is 4.42. The summed E-state index contributed by atoms with van der Waals surface area (Å²) in [7, 11) is 0. The molecule has 3 heteroatoms. The minimum atomic E-state index is 0.556. The van der Waals surface area contributed by atoms with E-state index < -0.39 is 0 Å². The predicted molar refractivity (Wildman–Crippen MR) is 59.3 cm³/mol. The maximum atomic E-state index is 5.82. The predicted octanol–water partition coefficient (Wildman–Crippen LogP) is 2.37. The first-order valence-electron chi connectivity index (χ1n) is 4.50. The molecule has 0 aromatic heterocycles. The quantitative estimate of drug-likeness (QED) is 0.600. The van der Waals surface area contributed by atoms with Gasteiger partial charge in [0, 0.05) is 11.6 Å². The topological polar surface area (TPSA) is 35.2 Å². The summed E-state index contributed by atoms with van der Waals surface area (Å²) < 4.78 is 5.38. The molecule has 0 radical (unpaired) electrons. The van der Waals surface area contributed by atoms with Crippen LogP contribution in [0.1, 0.15) is 5.56 Å². The third-order valence-electron chi connectivity index (χ3n) is 1.67. The Bertz CT molecular complexity index is 299. The fourth-order valence-electron chi connectivity index (χ4n) is 1.04. The van der Waals surface area contributed by atoms with Crippen LogP contribution in [0.3, 0.4) is 0 Å². The molecule has 0 atom stereocenters. The molecule has 0 aliphatic rings. The van der Waals surface area contributed by atoms with Gasteiger partial charge < -0.3 is 10.5 Å². The van der Waals surface area contributed by atoms with E-state index in [2.05, 4.69) is 0 Å². The summed E-state index contributed by atoms with van der Waals surface area (Å²) in [6, 6.07) is 7.64. The Kier molecular flexibility index (Phi) is 5.30. The monoisotopic (exact) mass is 211 g/mol. The van der Waals surface area contributed by atoms with Crippen molar-refractivity contribution >= 4 is 11.6 Å². The van der Waals surface area contributed by atoms with Crippen molar-refractivity contribution in [2.24, 2.45) is 5.73 Å². The van der Waals surface area contributed by atoms with Crippen LogP contribution in [-0.4, -0.2) is 13.2 Å². The summed E-state index contributed by atoms with van der Waals surface area (Å²) in [5, 5.41) is 0.739. The lowest BCUT2D eigenvalue weighted by molar-refractivity contribution is 0.148. The molecule has 0 aliphatic heterocycles. The zero-order valence-corrected chi connectivity index (χ0v) is 8.70. The van der Waals surface area contributed by atoms with Gasteiger partial charge in [0.1, 0.15) is 0 Å². The van der Waals surface area contributed by atoms with Crippen LogP contribution in [0.5, 0.6) is 0 Å². The van der Waals surface area contributed by atoms with Gasteiger partial charge in [-0.1, -0.05) is 35.9 Å². The fourth-order valence-corrected chi connectivity index (χ4v) is 1.25. The molecule has 2 N–H and O–H groups in total. The molecule has 1 rings (SSSR count). The Hall–Kier alpha value is -0.830. The number of halogens is 1. The van der Waals surface area contributed by atoms with Gasteiger partial charge in [0.05, 0.1) is 13.2 Å². The van der Waals surface area contributed by atoms with Gasteiger partial charge in [-0.15, -0.1) is 0 Å². The Balaban J connectivity index is 2.28. The molecule has 0 saturated carbocycles. The first-order valence-corrected chi connectivity index (χ1v) is 4.88. The minimum Gasteiger partial charge on any atom is -0.373 e. The lowest BCUT2D eigenvalue weighted by atomic mass is 10.2. The van der Waals surface area contributed by atoms with Crippen LogP contribution in [0.4, 0.5) is 0 Å². The van der Waals surface area contributed by atoms with Crippen molar-refractivity contribution in [3.05, 3.63) is 47.0 Å². The second kappa shape index (κ2) is 6.60. The molecule has 0 saturated heterocycles. The fraction of sp³-hybridized carbons (Fsp3) is 0.273. The van der Waals surface area contributed by atoms with E-state index >= 15 is 0 Å². The molecule has 14 heavy (non-hydrogen) atoms. The summed E-state index contributed by atoms with van der Waals surface area (Å²) >= 11 is 5.82. The van der Waals surface area contributed by atoms with E-state index in [1.165, 1.54) is 0 Å². The van der Waals surface area contributed by atoms with Crippen molar-refractivity contribution in [1.82, 2.24) is 0 Å². The van der Waals surface area contributed by atoms with Crippen molar-refractivity contribution in [2.75, 3.05) is 13.2 Å². The summed E-state index contributed by atoms with van der Waals surface area (Å²) in [5.41, 5.74) is 6.36. The van der Waals surface area contributed by atoms with Gasteiger partial charge in [0.15, 0.2) is 0 Å². The van der Waals surface area contributed by atoms with Crippen molar-refractivity contribution in [3.8, 4) is 0 Å². The molecule has 2 nitrogen and oxygen atoms in total. The van der Waals surface area contributed by atoms with E-state index in [1.807, 2.05) is 36.4 Å². The van der Waals surface area contributed by atoms with E-state index in [0.717, 1.165) is 10.6 Å². The summed E-state index contributed by atoms with van der Waals surface area (Å²) in [6.07, 6.45) is 3.78. The average molecular weight is 212 g/mol. The van der Waals surface area contributed by atoms with Gasteiger partial charge in [-0.3, -0.25) is 0 Å². The highest BCUT2D eigenvalue weighted by atomic mass is 35.5. The van der Waals surface area contributed by atoms with E-state index in [4.69, 9.17) is 22.1 Å². The molecule has 76 valence electrons. The van der Waals surface area contributed by atoms with Gasteiger partial charge in [-0.05, 0) is 17.7 Å². The second-order valence-electron chi connectivity index (χ2n) is 2.85. The van der Waals surface area contributed by atoms with Crippen LogP contribution in [0.25, 0.3) is 0 Å². The van der Waals surface area contributed by atoms with Crippen molar-refractivity contribution in [1.29, 1.82) is 0 Å². The van der Waals surface area contributed by atoms with E-state index in [0.29, 0.717) is 19.8 Å². The zero-order valence-electron chi connectivity index (χ0n) is 7.95. The molecule has 1 aromatic carbocycles. The van der Waals surface area contributed by atoms with E-state index in [1.54, 1.807) is 0 Å². The summed E-state index contributed by atoms with van der Waals surface area (Å²) in [5.74, 6) is 0. The lowest BCUT2D eigenvalue weighted by Gasteiger charge is -2.01. The highest BCUT2D eigenvalue weighted by Gasteiger charge is 1.92. The first kappa shape index (κ1) is 11.2. The van der Waals surface area contributed by atoms with Crippen molar-refractivity contribution in [2.45, 2.75) is 6.61 Å². The van der Waals surface area contributed by atoms with Crippen LogP contribution in [-0.2, 0) is 11.3 Å². The Morgan fingerprint density at radius 3 is 2.93 bits per heavy atom. The maximum Gasteiger partial charge on any atom is 0.0721 e. The second-order valence-corrected chi connectivity index (χ2v) is 3.29. The van der Waals surface area contributed by atoms with Crippen LogP contribution < -0.4 is 5.73 Å². The number of ether oxygens (including phenoxy) is 1. The van der Waals surface area contributed by atoms with Crippen LogP contribution in [0.2, 0.25) is 5.02 Å². The maximum absolute atomic E-state index is 5.82. The standard InChI is InChI=1S/C11H14ClNO/c12-11-5-3-4-10(8-11)9-14-7-2-1-6-13/h1-5,8H,6-7,9,13H2. The van der Waals surface area contributed by atoms with Crippen LogP contribution >= 0.6 is 11.6 Å². The molecular formula is C11H14ClNO. The molecule has 0 fully saturated rings. The van der Waals surface area contributed by atoms with Gasteiger partial charge in [0.2, 0.25) is 0 Å². The normalized spacial score (nSPS) is 11.0. The number of hydrogen-bond donors (Lipinski definition) is 1. The molecule has 0 amide bonds. The number of hydrogen-bond acceptors (Lipinski definition) is 2. The minimum absolute atomic E-state index is 0.556. The lowest BCUT2D eigenvalue weighted by Crippen LogP contribution is -1.96. The molecule has 1 aromatic rings. The Morgan fingerprint density at radius 1 is 1.36 bits per heavy atom. The number of nitrogens with two attached hydrogens (primary N) is 1. The SMILES string of the molecule is NCC=CCOCc1cccc(Cl)c1. The number of benzene rings is 1. The molecule has 0 unspecified atom stereocenters. The molecule has 0 aliphatic carbocycles. The van der Waals surface area contributed by atoms with Gasteiger partial charge in [-0.25, -0.2) is 0 Å². The highest BCUT2D eigenvalue weighted by molar-refractivity contribution is 6.30. The van der Waals surface area contributed by atoms with Crippen LogP contribution in [0, 0.1) is 0 Å². The van der Waals surface area contributed by atoms with E-state index in [-0.39, 0.29) is 0 Å². The average Bonchev–Trinajstić information content (AvgIpc) is 2.18. The molecule has 0 bridgehead atoms. The molecule has 0 heterocycles. The first-order chi connectivity index (χ1) is 6.83. The van der Waals surface area contributed by atoms with E-state index in [9.17, 15) is 0 Å². The number of rotatable bonds is 5. The van der Waals surface area contributed by atoms with Gasteiger partial charge in [-0.2, -0.15) is 0 Å². The summed E-state index contributed by atoms with van der Waals surface area (Å²) in [4.78, 5) is 0. The smallest absolute Gasteiger partial charge is 0.0721 e.